The molecule has 1 nitrogen and oxygen atoms in total. The number of nitrogens with zero attached hydrogens (tertiary/aromatic N) is 1. The van der Waals surface area contributed by atoms with E-state index in [0.29, 0.717) is 13.1 Å². The zero-order chi connectivity index (χ0) is 10.9. The predicted octanol–water partition coefficient (Wildman–Crippen LogP) is 3.06. The van der Waals surface area contributed by atoms with Gasteiger partial charge in [0.25, 0.3) is 5.92 Å². The Morgan fingerprint density at radius 2 is 1.53 bits per heavy atom. The van der Waals surface area contributed by atoms with Crippen LogP contribution in [0.25, 0.3) is 0 Å². The maximum Gasteiger partial charge on any atom is 0.251 e. The zero-order valence-corrected chi connectivity index (χ0v) is 8.22. The highest BCUT2D eigenvalue weighted by Gasteiger charge is 2.33. The Hall–Kier alpha value is -1.19. The van der Waals surface area contributed by atoms with E-state index in [1.165, 1.54) is 12.1 Å². The minimum atomic E-state index is -2.53. The van der Waals surface area contributed by atoms with E-state index in [0.717, 1.165) is 5.69 Å². The highest BCUT2D eigenvalue weighted by Crippen LogP contribution is 2.30. The van der Waals surface area contributed by atoms with Crippen molar-refractivity contribution in [2.75, 3.05) is 18.0 Å². The largest absolute Gasteiger partial charge is 0.371 e. The second-order valence-corrected chi connectivity index (χ2v) is 3.82. The van der Waals surface area contributed by atoms with Crippen LogP contribution in [-0.4, -0.2) is 19.0 Å². The van der Waals surface area contributed by atoms with Crippen LogP contribution in [0.1, 0.15) is 12.8 Å². The van der Waals surface area contributed by atoms with Gasteiger partial charge in [0.1, 0.15) is 5.82 Å². The van der Waals surface area contributed by atoms with E-state index >= 15 is 0 Å². The first-order chi connectivity index (χ1) is 7.07. The van der Waals surface area contributed by atoms with Crippen molar-refractivity contribution in [3.8, 4) is 0 Å². The number of benzene rings is 1. The molecule has 1 saturated heterocycles. The average molecular weight is 215 g/mol. The molecule has 0 bridgehead atoms. The van der Waals surface area contributed by atoms with E-state index in [4.69, 9.17) is 0 Å². The Kier molecular flexibility index (Phi) is 2.59. The lowest BCUT2D eigenvalue weighted by Gasteiger charge is -2.33. The molecule has 2 rings (SSSR count). The average Bonchev–Trinajstić information content (AvgIpc) is 2.20. The fraction of sp³-hybridized carbons (Fsp3) is 0.455. The predicted molar refractivity (Wildman–Crippen MR) is 52.8 cm³/mol. The molecule has 0 unspecified atom stereocenters. The van der Waals surface area contributed by atoms with Gasteiger partial charge in [0, 0.05) is 31.6 Å². The van der Waals surface area contributed by atoms with Crippen molar-refractivity contribution in [1.82, 2.24) is 0 Å². The molecule has 0 spiro atoms. The number of rotatable bonds is 1. The van der Waals surface area contributed by atoms with Crippen LogP contribution in [0, 0.1) is 5.82 Å². The van der Waals surface area contributed by atoms with Gasteiger partial charge in [0.05, 0.1) is 0 Å². The van der Waals surface area contributed by atoms with E-state index in [-0.39, 0.29) is 18.7 Å². The van der Waals surface area contributed by atoms with E-state index in [1.54, 1.807) is 12.1 Å². The van der Waals surface area contributed by atoms with E-state index < -0.39 is 5.92 Å². The first-order valence-corrected chi connectivity index (χ1v) is 4.95. The van der Waals surface area contributed by atoms with Gasteiger partial charge in [-0.15, -0.1) is 0 Å². The van der Waals surface area contributed by atoms with Crippen LogP contribution in [0.4, 0.5) is 18.9 Å². The SMILES string of the molecule is Fc1ccc(N2CCC(F)(F)CC2)cc1. The summed E-state index contributed by atoms with van der Waals surface area (Å²) in [7, 11) is 0. The molecular formula is C11H12F3N. The number of anilines is 1. The number of alkyl halides is 2. The summed E-state index contributed by atoms with van der Waals surface area (Å²) in [5.74, 6) is -2.84. The number of halogens is 3. The minimum Gasteiger partial charge on any atom is -0.371 e. The van der Waals surface area contributed by atoms with Gasteiger partial charge in [-0.2, -0.15) is 0 Å². The molecule has 1 aromatic carbocycles. The van der Waals surface area contributed by atoms with Crippen LogP contribution in [-0.2, 0) is 0 Å². The molecule has 0 aromatic heterocycles. The van der Waals surface area contributed by atoms with Crippen LogP contribution >= 0.6 is 0 Å². The first kappa shape index (κ1) is 10.3. The summed E-state index contributed by atoms with van der Waals surface area (Å²) < 4.78 is 38.4. The second kappa shape index (κ2) is 3.76. The monoisotopic (exact) mass is 215 g/mol. The summed E-state index contributed by atoms with van der Waals surface area (Å²) in [5.41, 5.74) is 0.812. The molecule has 0 amide bonds. The molecule has 1 aliphatic rings. The molecule has 1 heterocycles. The zero-order valence-electron chi connectivity index (χ0n) is 8.22. The van der Waals surface area contributed by atoms with Crippen molar-refractivity contribution in [3.05, 3.63) is 30.1 Å². The summed E-state index contributed by atoms with van der Waals surface area (Å²) in [6, 6.07) is 5.95. The third-order valence-electron chi connectivity index (χ3n) is 2.69. The molecule has 0 atom stereocenters. The normalized spacial score (nSPS) is 20.3. The number of piperidine rings is 1. The van der Waals surface area contributed by atoms with Gasteiger partial charge in [-0.25, -0.2) is 13.2 Å². The molecule has 1 aliphatic heterocycles. The topological polar surface area (TPSA) is 3.24 Å². The van der Waals surface area contributed by atoms with E-state index in [1.807, 2.05) is 4.90 Å². The first-order valence-electron chi connectivity index (χ1n) is 4.95. The smallest absolute Gasteiger partial charge is 0.251 e. The Morgan fingerprint density at radius 3 is 2.07 bits per heavy atom. The molecule has 0 N–H and O–H groups in total. The number of hydrogen-bond acceptors (Lipinski definition) is 1. The van der Waals surface area contributed by atoms with Crippen LogP contribution in [0.15, 0.2) is 24.3 Å². The van der Waals surface area contributed by atoms with Gasteiger partial charge in [0.2, 0.25) is 0 Å². The summed E-state index contributed by atoms with van der Waals surface area (Å²) >= 11 is 0. The molecule has 1 aromatic rings. The van der Waals surface area contributed by atoms with Crippen LogP contribution in [0.3, 0.4) is 0 Å². The minimum absolute atomic E-state index is 0.121. The van der Waals surface area contributed by atoms with E-state index in [9.17, 15) is 13.2 Å². The van der Waals surface area contributed by atoms with Crippen molar-refractivity contribution in [1.29, 1.82) is 0 Å². The highest BCUT2D eigenvalue weighted by atomic mass is 19.3. The van der Waals surface area contributed by atoms with Crippen molar-refractivity contribution in [2.24, 2.45) is 0 Å². The molecule has 0 saturated carbocycles. The van der Waals surface area contributed by atoms with Gasteiger partial charge < -0.3 is 4.90 Å². The molecule has 0 radical (unpaired) electrons. The van der Waals surface area contributed by atoms with Crippen molar-refractivity contribution >= 4 is 5.69 Å². The van der Waals surface area contributed by atoms with Crippen LogP contribution in [0.2, 0.25) is 0 Å². The quantitative estimate of drug-likeness (QED) is 0.696. The lowest BCUT2D eigenvalue weighted by molar-refractivity contribution is -0.0220. The fourth-order valence-corrected chi connectivity index (χ4v) is 1.74. The number of hydrogen-bond donors (Lipinski definition) is 0. The van der Waals surface area contributed by atoms with Crippen molar-refractivity contribution in [3.63, 3.8) is 0 Å². The summed E-state index contributed by atoms with van der Waals surface area (Å²) in [6.45, 7) is 0.664. The van der Waals surface area contributed by atoms with Gasteiger partial charge in [0.15, 0.2) is 0 Å². The van der Waals surface area contributed by atoms with Gasteiger partial charge >= 0.3 is 0 Å². The van der Waals surface area contributed by atoms with Crippen molar-refractivity contribution < 1.29 is 13.2 Å². The highest BCUT2D eigenvalue weighted by molar-refractivity contribution is 5.46. The lowest BCUT2D eigenvalue weighted by Crippen LogP contribution is -2.39. The summed E-state index contributed by atoms with van der Waals surface area (Å²) in [5, 5.41) is 0. The molecule has 1 fully saturated rings. The second-order valence-electron chi connectivity index (χ2n) is 3.82. The molecular weight excluding hydrogens is 203 g/mol. The standard InChI is InChI=1S/C11H12F3N/c12-9-1-3-10(4-2-9)15-7-5-11(13,14)6-8-15/h1-4H,5-8H2. The summed E-state index contributed by atoms with van der Waals surface area (Å²) in [4.78, 5) is 1.86. The Balaban J connectivity index is 2.04. The third kappa shape index (κ3) is 2.43. The Morgan fingerprint density at radius 1 is 1.00 bits per heavy atom. The maximum atomic E-state index is 12.9. The van der Waals surface area contributed by atoms with Crippen molar-refractivity contribution in [2.45, 2.75) is 18.8 Å². The molecule has 0 aliphatic carbocycles. The van der Waals surface area contributed by atoms with Crippen LogP contribution < -0.4 is 4.90 Å². The van der Waals surface area contributed by atoms with Gasteiger partial charge in [-0.1, -0.05) is 0 Å². The Bertz CT molecular complexity index is 324. The fourth-order valence-electron chi connectivity index (χ4n) is 1.74. The molecule has 15 heavy (non-hydrogen) atoms. The third-order valence-corrected chi connectivity index (χ3v) is 2.69. The Labute approximate surface area is 86.5 Å². The lowest BCUT2D eigenvalue weighted by atomic mass is 10.1. The molecule has 82 valence electrons. The van der Waals surface area contributed by atoms with Gasteiger partial charge in [-0.3, -0.25) is 0 Å². The van der Waals surface area contributed by atoms with E-state index in [2.05, 4.69) is 0 Å². The maximum absolute atomic E-state index is 12.9. The van der Waals surface area contributed by atoms with Gasteiger partial charge in [-0.05, 0) is 24.3 Å². The summed E-state index contributed by atoms with van der Waals surface area (Å²) in [6.07, 6.45) is -0.241. The molecule has 4 heteroatoms. The van der Waals surface area contributed by atoms with Crippen LogP contribution in [0.5, 0.6) is 0 Å².